The van der Waals surface area contributed by atoms with E-state index >= 15 is 0 Å². The van der Waals surface area contributed by atoms with E-state index in [-0.39, 0.29) is 17.4 Å². The number of carboxylic acids is 1. The van der Waals surface area contributed by atoms with E-state index in [1.807, 2.05) is 6.07 Å². The molecule has 0 aliphatic heterocycles. The lowest BCUT2D eigenvalue weighted by Crippen LogP contribution is -2.18. The van der Waals surface area contributed by atoms with Crippen molar-refractivity contribution in [3.63, 3.8) is 0 Å². The third-order valence-corrected chi connectivity index (χ3v) is 6.67. The van der Waals surface area contributed by atoms with Crippen LogP contribution in [0.1, 0.15) is 66.4 Å². The summed E-state index contributed by atoms with van der Waals surface area (Å²) in [5.41, 5.74) is 0. The fourth-order valence-corrected chi connectivity index (χ4v) is 5.00. The van der Waals surface area contributed by atoms with Gasteiger partial charge in [-0.15, -0.1) is 22.9 Å². The van der Waals surface area contributed by atoms with Crippen molar-refractivity contribution in [2.75, 3.05) is 0 Å². The maximum atomic E-state index is 10.9. The van der Waals surface area contributed by atoms with Gasteiger partial charge in [-0.1, -0.05) is 31.9 Å². The van der Waals surface area contributed by atoms with E-state index in [0.717, 1.165) is 30.6 Å². The molecule has 140 valence electrons. The minimum atomic E-state index is -0.857. The molecule has 2 N–H and O–H groups in total. The Morgan fingerprint density at radius 3 is 2.84 bits per heavy atom. The number of thiophene rings is 1. The molecule has 1 saturated carbocycles. The first-order valence-electron chi connectivity index (χ1n) is 9.33. The van der Waals surface area contributed by atoms with Gasteiger partial charge in [0.25, 0.3) is 0 Å². The fraction of sp³-hybridized carbons (Fsp3) is 0.650. The summed E-state index contributed by atoms with van der Waals surface area (Å²) in [5.74, 6) is -0.399. The number of allylic oxidation sites excluding steroid dienone is 1. The second-order valence-electron chi connectivity index (χ2n) is 6.95. The molecule has 1 aliphatic carbocycles. The van der Waals surface area contributed by atoms with Crippen molar-refractivity contribution in [3.8, 4) is 0 Å². The third kappa shape index (κ3) is 6.12. The van der Waals surface area contributed by atoms with E-state index in [4.69, 9.17) is 16.7 Å². The van der Waals surface area contributed by atoms with Gasteiger partial charge in [0.15, 0.2) is 0 Å². The Bertz CT molecular complexity index is 569. The molecule has 5 heteroatoms. The highest BCUT2D eigenvalue weighted by atomic mass is 35.5. The zero-order valence-electron chi connectivity index (χ0n) is 14.9. The quantitative estimate of drug-likeness (QED) is 0.317. The Labute approximate surface area is 159 Å². The highest BCUT2D eigenvalue weighted by molar-refractivity contribution is 7.13. The van der Waals surface area contributed by atoms with Gasteiger partial charge in [0.1, 0.15) is 4.88 Å². The first kappa shape index (κ1) is 20.5. The lowest BCUT2D eigenvalue weighted by atomic mass is 9.89. The predicted molar refractivity (Wildman–Crippen MR) is 105 cm³/mol. The molecule has 0 spiro atoms. The number of halogens is 1. The summed E-state index contributed by atoms with van der Waals surface area (Å²) >= 11 is 7.84. The summed E-state index contributed by atoms with van der Waals surface area (Å²) in [6.45, 7) is 2.20. The Kier molecular flexibility index (Phi) is 8.47. The van der Waals surface area contributed by atoms with Crippen LogP contribution in [0.2, 0.25) is 0 Å². The van der Waals surface area contributed by atoms with Gasteiger partial charge in [0.2, 0.25) is 0 Å². The molecule has 0 amide bonds. The van der Waals surface area contributed by atoms with Crippen LogP contribution in [0.3, 0.4) is 0 Å². The molecule has 0 unspecified atom stereocenters. The molecular weight excluding hydrogens is 356 g/mol. The van der Waals surface area contributed by atoms with Gasteiger partial charge < -0.3 is 10.2 Å². The monoisotopic (exact) mass is 384 g/mol. The average Bonchev–Trinajstić information content (AvgIpc) is 3.14. The first-order chi connectivity index (χ1) is 12.0. The smallest absolute Gasteiger partial charge is 0.345 e. The molecule has 1 aliphatic rings. The van der Waals surface area contributed by atoms with E-state index < -0.39 is 5.97 Å². The topological polar surface area (TPSA) is 57.5 Å². The van der Waals surface area contributed by atoms with Crippen LogP contribution in [0, 0.1) is 11.8 Å². The van der Waals surface area contributed by atoms with E-state index in [1.165, 1.54) is 30.6 Å². The fourth-order valence-electron chi connectivity index (χ4n) is 3.64. The van der Waals surface area contributed by atoms with Crippen molar-refractivity contribution in [1.29, 1.82) is 0 Å². The van der Waals surface area contributed by atoms with Crippen molar-refractivity contribution < 1.29 is 15.0 Å². The van der Waals surface area contributed by atoms with Crippen molar-refractivity contribution in [2.24, 2.45) is 11.8 Å². The minimum absolute atomic E-state index is 0.0261. The number of aromatic carboxylic acids is 1. The SMILES string of the molecule is CCCCCC=C[C@H]1[C@@H](CCCc2ccc(C(=O)O)s2)[C@@H](Cl)C[C@H]1O. The molecule has 3 nitrogen and oxygen atoms in total. The number of aryl methyl sites for hydroxylation is 1. The molecule has 2 rings (SSSR count). The highest BCUT2D eigenvalue weighted by Gasteiger charge is 2.39. The Morgan fingerprint density at radius 1 is 1.36 bits per heavy atom. The average molecular weight is 385 g/mol. The molecule has 0 aromatic carbocycles. The number of aliphatic hydroxyl groups excluding tert-OH is 1. The summed E-state index contributed by atoms with van der Waals surface area (Å²) < 4.78 is 0. The standard InChI is InChI=1S/C20H29ClO3S/c1-2-3-4-5-6-9-16-15(17(21)13-18(16)22)10-7-8-14-11-12-19(25-14)20(23)24/h6,9,11-12,15-18,22H,2-5,7-8,10,13H2,1H3,(H,23,24)/t15-,16+,17+,18-/m1/s1. The Balaban J connectivity index is 1.83. The van der Waals surface area contributed by atoms with Crippen LogP contribution in [-0.4, -0.2) is 27.7 Å². The van der Waals surface area contributed by atoms with Gasteiger partial charge in [-0.2, -0.15) is 0 Å². The second-order valence-corrected chi connectivity index (χ2v) is 8.68. The van der Waals surface area contributed by atoms with E-state index in [9.17, 15) is 9.90 Å². The van der Waals surface area contributed by atoms with Crippen LogP contribution in [0.15, 0.2) is 24.3 Å². The zero-order chi connectivity index (χ0) is 18.2. The van der Waals surface area contributed by atoms with Gasteiger partial charge in [0, 0.05) is 16.2 Å². The van der Waals surface area contributed by atoms with E-state index in [0.29, 0.717) is 17.2 Å². The number of hydrogen-bond acceptors (Lipinski definition) is 3. The van der Waals surface area contributed by atoms with Crippen molar-refractivity contribution in [1.82, 2.24) is 0 Å². The number of carbonyl (C=O) groups is 1. The summed E-state index contributed by atoms with van der Waals surface area (Å²) in [4.78, 5) is 12.4. The normalized spacial score (nSPS) is 26.5. The van der Waals surface area contributed by atoms with Crippen LogP contribution >= 0.6 is 22.9 Å². The molecule has 0 bridgehead atoms. The number of unbranched alkanes of at least 4 members (excludes halogenated alkanes) is 3. The largest absolute Gasteiger partial charge is 0.477 e. The first-order valence-corrected chi connectivity index (χ1v) is 10.6. The summed E-state index contributed by atoms with van der Waals surface area (Å²) in [6.07, 6.45) is 12.3. The van der Waals surface area contributed by atoms with Crippen molar-refractivity contribution in [3.05, 3.63) is 34.0 Å². The molecule has 0 saturated heterocycles. The third-order valence-electron chi connectivity index (χ3n) is 5.04. The summed E-state index contributed by atoms with van der Waals surface area (Å²) in [5, 5.41) is 19.3. The number of aliphatic hydroxyl groups is 1. The maximum Gasteiger partial charge on any atom is 0.345 e. The number of carboxylic acid groups (broad SMARTS) is 1. The zero-order valence-corrected chi connectivity index (χ0v) is 16.4. The summed E-state index contributed by atoms with van der Waals surface area (Å²) in [6, 6.07) is 3.58. The lowest BCUT2D eigenvalue weighted by Gasteiger charge is -2.20. The molecule has 1 aromatic heterocycles. The van der Waals surface area contributed by atoms with Crippen molar-refractivity contribution in [2.45, 2.75) is 69.8 Å². The van der Waals surface area contributed by atoms with Crippen LogP contribution in [0.4, 0.5) is 0 Å². The van der Waals surface area contributed by atoms with Crippen molar-refractivity contribution >= 4 is 28.9 Å². The van der Waals surface area contributed by atoms with Gasteiger partial charge in [-0.3, -0.25) is 0 Å². The van der Waals surface area contributed by atoms with Gasteiger partial charge >= 0.3 is 5.97 Å². The maximum absolute atomic E-state index is 10.9. The van der Waals surface area contributed by atoms with Crippen LogP contribution in [0.5, 0.6) is 0 Å². The molecule has 1 fully saturated rings. The van der Waals surface area contributed by atoms with Crippen LogP contribution < -0.4 is 0 Å². The molecule has 4 atom stereocenters. The Hall–Kier alpha value is -0.840. The number of hydrogen-bond donors (Lipinski definition) is 2. The van der Waals surface area contributed by atoms with Crippen LogP contribution in [0.25, 0.3) is 0 Å². The van der Waals surface area contributed by atoms with E-state index in [2.05, 4.69) is 19.1 Å². The van der Waals surface area contributed by atoms with Crippen LogP contribution in [-0.2, 0) is 6.42 Å². The second kappa shape index (κ2) is 10.3. The number of rotatable bonds is 10. The molecule has 1 heterocycles. The van der Waals surface area contributed by atoms with Gasteiger partial charge in [-0.25, -0.2) is 4.79 Å². The Morgan fingerprint density at radius 2 is 2.16 bits per heavy atom. The summed E-state index contributed by atoms with van der Waals surface area (Å²) in [7, 11) is 0. The highest BCUT2D eigenvalue weighted by Crippen LogP contribution is 2.40. The van der Waals surface area contributed by atoms with E-state index in [1.54, 1.807) is 6.07 Å². The molecule has 1 aromatic rings. The predicted octanol–water partition coefficient (Wildman–Crippen LogP) is 5.51. The van der Waals surface area contributed by atoms with Gasteiger partial charge in [0.05, 0.1) is 6.10 Å². The minimum Gasteiger partial charge on any atom is -0.477 e. The molecular formula is C20H29ClO3S. The van der Waals surface area contributed by atoms with Gasteiger partial charge in [-0.05, 0) is 56.6 Å². The molecule has 25 heavy (non-hydrogen) atoms. The lowest BCUT2D eigenvalue weighted by molar-refractivity contribution is 0.0702. The number of alkyl halides is 1. The molecule has 0 radical (unpaired) electrons.